The molecule has 2 atom stereocenters. The molecule has 2 N–H and O–H groups in total. The molecule has 1 aliphatic carbocycles. The summed E-state index contributed by atoms with van der Waals surface area (Å²) in [4.78, 5) is 41.8. The molecule has 51 heavy (non-hydrogen) atoms. The molecule has 1 fully saturated rings. The van der Waals surface area contributed by atoms with Gasteiger partial charge in [-0.05, 0) is 82.8 Å². The first-order chi connectivity index (χ1) is 24.5. The number of carboxylic acids is 1. The number of amides is 2. The van der Waals surface area contributed by atoms with Gasteiger partial charge in [0.1, 0.15) is 11.8 Å². The van der Waals surface area contributed by atoms with Crippen LogP contribution in [0.2, 0.25) is 0 Å². The lowest BCUT2D eigenvalue weighted by Gasteiger charge is -2.38. The minimum atomic E-state index is -4.41. The van der Waals surface area contributed by atoms with Gasteiger partial charge in [-0.25, -0.2) is 0 Å². The molecule has 1 heterocycles. The number of carboxylic acid groups (broad SMARTS) is 1. The second-order valence-electron chi connectivity index (χ2n) is 13.4. The third-order valence-corrected chi connectivity index (χ3v) is 9.91. The van der Waals surface area contributed by atoms with Crippen LogP contribution in [0.25, 0.3) is 11.1 Å². The van der Waals surface area contributed by atoms with Crippen molar-refractivity contribution >= 4 is 17.8 Å². The van der Waals surface area contributed by atoms with Crippen molar-refractivity contribution in [2.75, 3.05) is 13.2 Å². The van der Waals surface area contributed by atoms with E-state index in [1.165, 1.54) is 12.1 Å². The molecule has 4 aromatic rings. The van der Waals surface area contributed by atoms with Gasteiger partial charge < -0.3 is 20.1 Å². The smallest absolute Gasteiger partial charge is 0.416 e. The van der Waals surface area contributed by atoms with E-state index in [0.717, 1.165) is 54.5 Å². The fraction of sp³-hybridized carbons (Fsp3) is 0.341. The Bertz CT molecular complexity index is 1820. The first-order valence-corrected chi connectivity index (χ1v) is 17.4. The monoisotopic (exact) mass is 698 g/mol. The molecule has 6 rings (SSSR count). The molecular formula is C41H41F3N2O5. The number of carbonyl (C=O) groups is 3. The average Bonchev–Trinajstić information content (AvgIpc) is 3.64. The van der Waals surface area contributed by atoms with Gasteiger partial charge in [-0.15, -0.1) is 0 Å². The summed E-state index contributed by atoms with van der Waals surface area (Å²) >= 11 is 0. The molecule has 2 aliphatic rings. The second-order valence-corrected chi connectivity index (χ2v) is 13.4. The summed E-state index contributed by atoms with van der Waals surface area (Å²) in [5.41, 5.74) is 4.06. The summed E-state index contributed by atoms with van der Waals surface area (Å²) in [5, 5.41) is 12.8. The van der Waals surface area contributed by atoms with E-state index in [9.17, 15) is 32.7 Å². The number of benzene rings is 4. The molecule has 1 aliphatic heterocycles. The lowest BCUT2D eigenvalue weighted by atomic mass is 9.90. The maximum Gasteiger partial charge on any atom is 0.416 e. The molecule has 2 amide bonds. The Morgan fingerprint density at radius 1 is 0.882 bits per heavy atom. The third kappa shape index (κ3) is 8.98. The molecule has 2 unspecified atom stereocenters. The van der Waals surface area contributed by atoms with Gasteiger partial charge in [-0.1, -0.05) is 85.6 Å². The molecule has 266 valence electrons. The maximum absolute atomic E-state index is 14.4. The largest absolute Gasteiger partial charge is 0.493 e. The maximum atomic E-state index is 14.4. The Morgan fingerprint density at radius 3 is 2.24 bits per heavy atom. The van der Waals surface area contributed by atoms with Crippen molar-refractivity contribution in [1.82, 2.24) is 10.2 Å². The van der Waals surface area contributed by atoms with Crippen LogP contribution < -0.4 is 10.1 Å². The van der Waals surface area contributed by atoms with Gasteiger partial charge >= 0.3 is 12.1 Å². The molecule has 1 saturated carbocycles. The van der Waals surface area contributed by atoms with Gasteiger partial charge in [0, 0.05) is 19.4 Å². The van der Waals surface area contributed by atoms with E-state index in [0.29, 0.717) is 48.2 Å². The highest BCUT2D eigenvalue weighted by molar-refractivity contribution is 5.90. The van der Waals surface area contributed by atoms with Crippen molar-refractivity contribution < 1.29 is 37.4 Å². The van der Waals surface area contributed by atoms with Crippen molar-refractivity contribution in [3.63, 3.8) is 0 Å². The number of nitrogens with one attached hydrogen (secondary N) is 1. The van der Waals surface area contributed by atoms with Gasteiger partial charge in [-0.2, -0.15) is 13.2 Å². The summed E-state index contributed by atoms with van der Waals surface area (Å²) < 4.78 is 45.0. The minimum Gasteiger partial charge on any atom is -0.493 e. The predicted octanol–water partition coefficient (Wildman–Crippen LogP) is 8.33. The zero-order valence-corrected chi connectivity index (χ0v) is 28.2. The van der Waals surface area contributed by atoms with Crippen LogP contribution in [-0.4, -0.2) is 40.9 Å². The number of halogens is 3. The van der Waals surface area contributed by atoms with E-state index in [1.54, 1.807) is 17.0 Å². The molecule has 0 saturated heterocycles. The number of nitrogens with zero attached hydrogens (tertiary/aromatic N) is 1. The molecule has 0 radical (unpaired) electrons. The van der Waals surface area contributed by atoms with Gasteiger partial charge in [-0.3, -0.25) is 14.4 Å². The fourth-order valence-electron chi connectivity index (χ4n) is 7.18. The Kier molecular flexibility index (Phi) is 11.1. The summed E-state index contributed by atoms with van der Waals surface area (Å²) in [6.45, 7) is 0.533. The number of rotatable bonds is 12. The number of hydrogen-bond acceptors (Lipinski definition) is 4. The van der Waals surface area contributed by atoms with Crippen LogP contribution in [-0.2, 0) is 33.4 Å². The Morgan fingerprint density at radius 2 is 1.57 bits per heavy atom. The lowest BCUT2D eigenvalue weighted by Crippen LogP contribution is -2.48. The summed E-state index contributed by atoms with van der Waals surface area (Å²) in [6.07, 6.45) is 0.615. The number of aliphatic carboxylic acids is 1. The number of ether oxygens (including phenoxy) is 1. The third-order valence-electron chi connectivity index (χ3n) is 9.91. The topological polar surface area (TPSA) is 95.9 Å². The number of alkyl halides is 3. The Balaban J connectivity index is 1.24. The molecule has 10 heteroatoms. The van der Waals surface area contributed by atoms with Crippen LogP contribution >= 0.6 is 0 Å². The Labute approximate surface area is 295 Å². The standard InChI is InChI=1S/C41H41F3N2O5/c42-41(43,44)33-17-10-27(11-18-33)21-23-51-34-19-16-31-20-22-46(37(47)24-28-6-4-5-7-28)39(35(31)25-34)40(50)45-36(26-38(48)49)32-14-12-30(13-15-32)29-8-2-1-3-9-29/h1-3,8-19,25,28,36,39H,4-7,20-24,26H2,(H,45,50)(H,48,49). The van der Waals surface area contributed by atoms with E-state index in [-0.39, 0.29) is 24.9 Å². The fourth-order valence-corrected chi connectivity index (χ4v) is 7.18. The minimum absolute atomic E-state index is 0.108. The molecular weight excluding hydrogens is 657 g/mol. The normalized spacial score (nSPS) is 16.7. The summed E-state index contributed by atoms with van der Waals surface area (Å²) in [7, 11) is 0. The van der Waals surface area contributed by atoms with Gasteiger partial charge in [0.25, 0.3) is 0 Å². The van der Waals surface area contributed by atoms with Crippen molar-refractivity contribution in [1.29, 1.82) is 0 Å². The van der Waals surface area contributed by atoms with Crippen molar-refractivity contribution in [2.24, 2.45) is 5.92 Å². The second kappa shape index (κ2) is 15.8. The quantitative estimate of drug-likeness (QED) is 0.155. The number of hydrogen-bond donors (Lipinski definition) is 2. The first kappa shape index (κ1) is 35.7. The zero-order chi connectivity index (χ0) is 36.0. The van der Waals surface area contributed by atoms with Crippen molar-refractivity contribution in [3.8, 4) is 16.9 Å². The molecule has 7 nitrogen and oxygen atoms in total. The highest BCUT2D eigenvalue weighted by Crippen LogP contribution is 2.37. The Hall–Kier alpha value is -5.12. The molecule has 0 spiro atoms. The highest BCUT2D eigenvalue weighted by atomic mass is 19.4. The van der Waals surface area contributed by atoms with E-state index < -0.39 is 35.7 Å². The van der Waals surface area contributed by atoms with Crippen LogP contribution in [0.4, 0.5) is 13.2 Å². The summed E-state index contributed by atoms with van der Waals surface area (Å²) in [6, 6.07) is 25.7. The lowest BCUT2D eigenvalue weighted by molar-refractivity contribution is -0.143. The van der Waals surface area contributed by atoms with E-state index in [1.807, 2.05) is 60.7 Å². The van der Waals surface area contributed by atoms with Crippen LogP contribution in [0.5, 0.6) is 5.75 Å². The first-order valence-electron chi connectivity index (χ1n) is 17.4. The summed E-state index contributed by atoms with van der Waals surface area (Å²) in [5.74, 6) is -0.929. The van der Waals surface area contributed by atoms with Crippen LogP contribution in [0.1, 0.15) is 78.4 Å². The zero-order valence-electron chi connectivity index (χ0n) is 28.2. The SMILES string of the molecule is O=C(O)CC(NC(=O)C1c2cc(OCCc3ccc(C(F)(F)F)cc3)ccc2CCN1C(=O)CC1CCCC1)c1ccc(-c2ccccc2)cc1. The van der Waals surface area contributed by atoms with E-state index in [4.69, 9.17) is 4.74 Å². The van der Waals surface area contributed by atoms with Crippen molar-refractivity contribution in [2.45, 2.75) is 69.6 Å². The van der Waals surface area contributed by atoms with Gasteiger partial charge in [0.2, 0.25) is 11.8 Å². The molecule has 0 aromatic heterocycles. The van der Waals surface area contributed by atoms with Crippen LogP contribution in [0, 0.1) is 5.92 Å². The van der Waals surface area contributed by atoms with E-state index in [2.05, 4.69) is 5.32 Å². The predicted molar refractivity (Wildman–Crippen MR) is 187 cm³/mol. The van der Waals surface area contributed by atoms with Gasteiger partial charge in [0.15, 0.2) is 0 Å². The van der Waals surface area contributed by atoms with Gasteiger partial charge in [0.05, 0.1) is 24.6 Å². The number of fused-ring (bicyclic) bond motifs is 1. The van der Waals surface area contributed by atoms with E-state index >= 15 is 0 Å². The van der Waals surface area contributed by atoms with Crippen LogP contribution in [0.3, 0.4) is 0 Å². The average molecular weight is 699 g/mol. The highest BCUT2D eigenvalue weighted by Gasteiger charge is 2.38. The molecule has 0 bridgehead atoms. The number of carbonyl (C=O) groups excluding carboxylic acids is 2. The molecule has 4 aromatic carbocycles. The van der Waals surface area contributed by atoms with Crippen molar-refractivity contribution in [3.05, 3.63) is 125 Å². The van der Waals surface area contributed by atoms with Crippen LogP contribution in [0.15, 0.2) is 97.1 Å².